The summed E-state index contributed by atoms with van der Waals surface area (Å²) in [4.78, 5) is 32.6. The van der Waals surface area contributed by atoms with Crippen molar-refractivity contribution in [2.75, 3.05) is 11.5 Å². The van der Waals surface area contributed by atoms with Gasteiger partial charge in [-0.1, -0.05) is 42.2 Å². The highest BCUT2D eigenvalue weighted by Crippen LogP contribution is 2.37. The molecule has 2 fully saturated rings. The summed E-state index contributed by atoms with van der Waals surface area (Å²) in [5.74, 6) is 0.0598. The van der Waals surface area contributed by atoms with Gasteiger partial charge in [0.25, 0.3) is 11.5 Å². The summed E-state index contributed by atoms with van der Waals surface area (Å²) in [6.07, 6.45) is 3.36. The minimum Gasteiger partial charge on any atom is -0.438 e. The van der Waals surface area contributed by atoms with Gasteiger partial charge in [-0.15, -0.1) is 0 Å². The molecule has 1 unspecified atom stereocenters. The van der Waals surface area contributed by atoms with Gasteiger partial charge in [0.2, 0.25) is 5.88 Å². The van der Waals surface area contributed by atoms with E-state index < -0.39 is 27.3 Å². The average molecular weight is 514 g/mol. The highest BCUT2D eigenvalue weighted by Gasteiger charge is 2.42. The van der Waals surface area contributed by atoms with Crippen LogP contribution < -0.4 is 10.3 Å². The zero-order valence-electron chi connectivity index (χ0n) is 18.0. The van der Waals surface area contributed by atoms with E-state index in [2.05, 4.69) is 4.98 Å². The minimum absolute atomic E-state index is 0.0260. The summed E-state index contributed by atoms with van der Waals surface area (Å²) in [5.41, 5.74) is 1.08. The van der Waals surface area contributed by atoms with Crippen molar-refractivity contribution in [2.45, 2.75) is 19.4 Å². The molecule has 1 aromatic carbocycles. The molecule has 3 aromatic rings. The van der Waals surface area contributed by atoms with Crippen LogP contribution in [-0.2, 0) is 14.6 Å². The summed E-state index contributed by atoms with van der Waals surface area (Å²) in [7, 11) is -3.20. The fraction of sp³-hybridized carbons (Fsp3) is 0.217. The largest absolute Gasteiger partial charge is 0.438 e. The molecule has 34 heavy (non-hydrogen) atoms. The van der Waals surface area contributed by atoms with Crippen molar-refractivity contribution in [2.24, 2.45) is 0 Å². The molecule has 174 valence electrons. The number of hydrogen-bond acceptors (Lipinski definition) is 8. The zero-order chi connectivity index (χ0) is 24.0. The number of aryl methyl sites for hydroxylation is 1. The first-order valence-corrected chi connectivity index (χ1v) is 13.5. The van der Waals surface area contributed by atoms with E-state index in [1.807, 2.05) is 25.1 Å². The van der Waals surface area contributed by atoms with Crippen LogP contribution in [0.4, 0.5) is 0 Å². The summed E-state index contributed by atoms with van der Waals surface area (Å²) in [5, 5.41) is 0. The van der Waals surface area contributed by atoms with Crippen LogP contribution >= 0.6 is 24.0 Å². The molecule has 0 N–H and O–H groups in total. The highest BCUT2D eigenvalue weighted by molar-refractivity contribution is 8.26. The number of benzene rings is 1. The van der Waals surface area contributed by atoms with Gasteiger partial charge in [-0.2, -0.15) is 4.98 Å². The fourth-order valence-electron chi connectivity index (χ4n) is 3.98. The maximum atomic E-state index is 13.4. The van der Waals surface area contributed by atoms with Crippen molar-refractivity contribution in [3.8, 4) is 11.6 Å². The summed E-state index contributed by atoms with van der Waals surface area (Å²) >= 11 is 6.42. The zero-order valence-corrected chi connectivity index (χ0v) is 20.5. The molecule has 4 heterocycles. The van der Waals surface area contributed by atoms with Gasteiger partial charge in [-0.3, -0.25) is 18.9 Å². The second kappa shape index (κ2) is 8.64. The molecule has 1 atom stereocenters. The molecule has 0 saturated carbocycles. The van der Waals surface area contributed by atoms with Crippen molar-refractivity contribution in [1.29, 1.82) is 0 Å². The molecule has 2 saturated heterocycles. The van der Waals surface area contributed by atoms with E-state index >= 15 is 0 Å². The number of amides is 1. The normalized spacial score (nSPS) is 21.0. The molecule has 2 aliphatic heterocycles. The number of thiocarbonyl (C=S) groups is 1. The first-order valence-electron chi connectivity index (χ1n) is 10.5. The molecular weight excluding hydrogens is 494 g/mol. The van der Waals surface area contributed by atoms with Gasteiger partial charge in [0.05, 0.1) is 22.5 Å². The van der Waals surface area contributed by atoms with Gasteiger partial charge >= 0.3 is 0 Å². The Balaban J connectivity index is 1.59. The number of rotatable bonds is 4. The van der Waals surface area contributed by atoms with E-state index in [-0.39, 0.29) is 32.2 Å². The van der Waals surface area contributed by atoms with Crippen molar-refractivity contribution >= 4 is 55.8 Å². The summed E-state index contributed by atoms with van der Waals surface area (Å²) in [6, 6.07) is 12.0. The van der Waals surface area contributed by atoms with Crippen LogP contribution in [-0.4, -0.2) is 50.5 Å². The van der Waals surface area contributed by atoms with Crippen molar-refractivity contribution in [3.05, 3.63) is 75.0 Å². The Hall–Kier alpha value is -3.02. The topological polar surface area (TPSA) is 98.1 Å². The molecule has 0 radical (unpaired) electrons. The number of ether oxygens (including phenoxy) is 1. The monoisotopic (exact) mass is 513 g/mol. The minimum atomic E-state index is -3.20. The van der Waals surface area contributed by atoms with Crippen molar-refractivity contribution < 1.29 is 17.9 Å². The van der Waals surface area contributed by atoms with E-state index in [0.29, 0.717) is 17.8 Å². The summed E-state index contributed by atoms with van der Waals surface area (Å²) in [6.45, 7) is 1.92. The Morgan fingerprint density at radius 1 is 1.21 bits per heavy atom. The predicted octanol–water partition coefficient (Wildman–Crippen LogP) is 3.18. The number of hydrogen-bond donors (Lipinski definition) is 0. The number of thioether (sulfide) groups is 1. The Bertz CT molecular complexity index is 1540. The lowest BCUT2D eigenvalue weighted by Crippen LogP contribution is -2.39. The molecule has 2 aliphatic rings. The molecule has 2 aromatic heterocycles. The third-order valence-corrected chi connectivity index (χ3v) is 8.69. The van der Waals surface area contributed by atoms with E-state index in [9.17, 15) is 18.0 Å². The van der Waals surface area contributed by atoms with Crippen LogP contribution in [0, 0.1) is 6.92 Å². The first kappa shape index (κ1) is 22.8. The Morgan fingerprint density at radius 2 is 2.03 bits per heavy atom. The lowest BCUT2D eigenvalue weighted by molar-refractivity contribution is -0.123. The molecule has 0 spiro atoms. The number of carbonyl (C=O) groups is 1. The maximum absolute atomic E-state index is 13.4. The third-order valence-electron chi connectivity index (χ3n) is 5.61. The standard InChI is InChI=1S/C23H19N3O5S3/c1-14-5-4-6-16(11-14)31-20-17(21(27)25-9-3-2-7-19(25)24-20)12-18-22(28)26(23(32)33-18)15-8-10-34(29,30)13-15/h2-7,9,11-12,15H,8,10,13H2,1H3/b18-12+. The first-order chi connectivity index (χ1) is 16.2. The van der Waals surface area contributed by atoms with Crippen LogP contribution in [0.25, 0.3) is 11.7 Å². The van der Waals surface area contributed by atoms with Crippen LogP contribution in [0.1, 0.15) is 17.5 Å². The van der Waals surface area contributed by atoms with Gasteiger partial charge in [0.1, 0.15) is 21.3 Å². The van der Waals surface area contributed by atoms with Gasteiger partial charge < -0.3 is 4.74 Å². The molecule has 5 rings (SSSR count). The van der Waals surface area contributed by atoms with Crippen LogP contribution in [0.5, 0.6) is 11.6 Å². The second-order valence-corrected chi connectivity index (χ2v) is 12.0. The molecule has 1 amide bonds. The van der Waals surface area contributed by atoms with Gasteiger partial charge in [-0.05, 0) is 49.2 Å². The molecule has 0 bridgehead atoms. The van der Waals surface area contributed by atoms with E-state index in [1.165, 1.54) is 15.4 Å². The van der Waals surface area contributed by atoms with Gasteiger partial charge in [0.15, 0.2) is 9.84 Å². The molecular formula is C23H19N3O5S3. The Kier molecular flexibility index (Phi) is 5.78. The third kappa shape index (κ3) is 4.26. The van der Waals surface area contributed by atoms with E-state index in [4.69, 9.17) is 17.0 Å². The van der Waals surface area contributed by atoms with Crippen LogP contribution in [0.2, 0.25) is 0 Å². The number of aromatic nitrogens is 2. The average Bonchev–Trinajstić information content (AvgIpc) is 3.28. The van der Waals surface area contributed by atoms with Gasteiger partial charge in [0, 0.05) is 6.20 Å². The Morgan fingerprint density at radius 3 is 2.76 bits per heavy atom. The fourth-order valence-corrected chi connectivity index (χ4v) is 7.06. The van der Waals surface area contributed by atoms with Gasteiger partial charge in [-0.25, -0.2) is 8.42 Å². The lowest BCUT2D eigenvalue weighted by atomic mass is 10.2. The van der Waals surface area contributed by atoms with Crippen molar-refractivity contribution in [3.63, 3.8) is 0 Å². The number of nitrogens with zero attached hydrogens (tertiary/aromatic N) is 3. The molecule has 0 aliphatic carbocycles. The molecule has 8 nitrogen and oxygen atoms in total. The SMILES string of the molecule is Cc1cccc(Oc2nc3ccccn3c(=O)c2/C=C2/SC(=S)N(C3CCS(=O)(=O)C3)C2=O)c1. The quantitative estimate of drug-likeness (QED) is 0.388. The smallest absolute Gasteiger partial charge is 0.269 e. The van der Waals surface area contributed by atoms with Crippen LogP contribution in [0.15, 0.2) is 58.4 Å². The number of carbonyl (C=O) groups excluding carboxylic acids is 1. The second-order valence-electron chi connectivity index (χ2n) is 8.09. The molecule has 11 heteroatoms. The van der Waals surface area contributed by atoms with Crippen LogP contribution in [0.3, 0.4) is 0 Å². The van der Waals surface area contributed by atoms with Crippen molar-refractivity contribution in [1.82, 2.24) is 14.3 Å². The number of fused-ring (bicyclic) bond motifs is 1. The Labute approximate surface area is 205 Å². The lowest BCUT2D eigenvalue weighted by Gasteiger charge is -2.20. The maximum Gasteiger partial charge on any atom is 0.269 e. The highest BCUT2D eigenvalue weighted by atomic mass is 32.2. The number of pyridine rings is 1. The number of sulfone groups is 1. The van der Waals surface area contributed by atoms with E-state index in [0.717, 1.165) is 17.3 Å². The van der Waals surface area contributed by atoms with E-state index in [1.54, 1.807) is 30.5 Å². The summed E-state index contributed by atoms with van der Waals surface area (Å²) < 4.78 is 31.5. The predicted molar refractivity (Wildman–Crippen MR) is 135 cm³/mol.